The van der Waals surface area contributed by atoms with Gasteiger partial charge in [-0.2, -0.15) is 4.98 Å². The second-order valence-corrected chi connectivity index (χ2v) is 6.89. The molecule has 2 aromatic heterocycles. The van der Waals surface area contributed by atoms with Gasteiger partial charge in [-0.25, -0.2) is 4.98 Å². The lowest BCUT2D eigenvalue weighted by atomic mass is 10.0. The molecule has 5 heteroatoms. The molecule has 128 valence electrons. The molecule has 0 saturated carbocycles. The van der Waals surface area contributed by atoms with Crippen LogP contribution in [0, 0.1) is 12.8 Å². The molecule has 1 atom stereocenters. The molecule has 0 amide bonds. The minimum absolute atomic E-state index is 0.631. The highest BCUT2D eigenvalue weighted by molar-refractivity contribution is 5.91. The molecule has 3 aromatic rings. The Hall–Kier alpha value is -2.69. The maximum absolute atomic E-state index is 4.77. The van der Waals surface area contributed by atoms with E-state index in [0.29, 0.717) is 11.9 Å². The Morgan fingerprint density at radius 2 is 2.04 bits per heavy atom. The number of nitrogens with one attached hydrogen (secondary N) is 1. The van der Waals surface area contributed by atoms with Crippen molar-refractivity contribution in [3.05, 3.63) is 48.3 Å². The molecule has 0 spiro atoms. The van der Waals surface area contributed by atoms with Crippen LogP contribution >= 0.6 is 0 Å². The van der Waals surface area contributed by atoms with Crippen molar-refractivity contribution >= 4 is 28.4 Å². The highest BCUT2D eigenvalue weighted by atomic mass is 15.2. The third-order valence-electron chi connectivity index (χ3n) is 4.70. The molecule has 1 aliphatic heterocycles. The van der Waals surface area contributed by atoms with Gasteiger partial charge in [0.1, 0.15) is 5.82 Å². The SMILES string of the molecule is Cc1cc(N2CCCC(C)C2)nc(Nc2cccc3cccnc23)n1. The zero-order valence-electron chi connectivity index (χ0n) is 14.7. The van der Waals surface area contributed by atoms with Gasteiger partial charge in [-0.05, 0) is 37.8 Å². The summed E-state index contributed by atoms with van der Waals surface area (Å²) in [5.74, 6) is 2.35. The summed E-state index contributed by atoms with van der Waals surface area (Å²) in [5.41, 5.74) is 2.84. The average molecular weight is 333 g/mol. The molecular formula is C20H23N5. The molecule has 0 radical (unpaired) electrons. The van der Waals surface area contributed by atoms with E-state index in [1.165, 1.54) is 12.8 Å². The van der Waals surface area contributed by atoms with E-state index >= 15 is 0 Å². The molecule has 1 N–H and O–H groups in total. The minimum Gasteiger partial charge on any atom is -0.356 e. The van der Waals surface area contributed by atoms with Crippen LogP contribution in [0.15, 0.2) is 42.6 Å². The number of benzene rings is 1. The van der Waals surface area contributed by atoms with Gasteiger partial charge in [0.25, 0.3) is 0 Å². The zero-order valence-corrected chi connectivity index (χ0v) is 14.7. The lowest BCUT2D eigenvalue weighted by Gasteiger charge is -2.32. The monoisotopic (exact) mass is 333 g/mol. The summed E-state index contributed by atoms with van der Waals surface area (Å²) in [6.45, 7) is 6.45. The van der Waals surface area contributed by atoms with E-state index < -0.39 is 0 Å². The number of hydrogen-bond acceptors (Lipinski definition) is 5. The first-order valence-corrected chi connectivity index (χ1v) is 8.90. The Bertz CT molecular complexity index is 887. The number of para-hydroxylation sites is 1. The predicted octanol–water partition coefficient (Wildman–Crippen LogP) is 4.31. The molecular weight excluding hydrogens is 310 g/mol. The van der Waals surface area contributed by atoms with Crippen LogP contribution in [0.3, 0.4) is 0 Å². The Morgan fingerprint density at radius 1 is 1.16 bits per heavy atom. The van der Waals surface area contributed by atoms with Crippen LogP contribution in [0.25, 0.3) is 10.9 Å². The van der Waals surface area contributed by atoms with Crippen LogP contribution in [0.5, 0.6) is 0 Å². The lowest BCUT2D eigenvalue weighted by molar-refractivity contribution is 0.444. The van der Waals surface area contributed by atoms with Crippen molar-refractivity contribution in [2.24, 2.45) is 5.92 Å². The maximum Gasteiger partial charge on any atom is 0.229 e. The third-order valence-corrected chi connectivity index (χ3v) is 4.70. The molecule has 3 heterocycles. The first-order chi connectivity index (χ1) is 12.2. The normalized spacial score (nSPS) is 17.7. The Labute approximate surface area is 148 Å². The standard InChI is InChI=1S/C20H23N5/c1-14-6-5-11-25(13-14)18-12-15(2)22-20(24-18)23-17-9-3-7-16-8-4-10-21-19(16)17/h3-4,7-10,12,14H,5-6,11,13H2,1-2H3,(H,22,23,24). The van der Waals surface area contributed by atoms with E-state index in [9.17, 15) is 0 Å². The highest BCUT2D eigenvalue weighted by Crippen LogP contribution is 2.26. The number of pyridine rings is 1. The zero-order chi connectivity index (χ0) is 17.2. The van der Waals surface area contributed by atoms with Gasteiger partial charge in [0.15, 0.2) is 0 Å². The smallest absolute Gasteiger partial charge is 0.229 e. The Kier molecular flexibility index (Phi) is 4.22. The van der Waals surface area contributed by atoms with Crippen LogP contribution in [0.1, 0.15) is 25.5 Å². The second-order valence-electron chi connectivity index (χ2n) is 6.89. The molecule has 0 aliphatic carbocycles. The fraction of sp³-hybridized carbons (Fsp3) is 0.350. The van der Waals surface area contributed by atoms with Crippen molar-refractivity contribution < 1.29 is 0 Å². The molecule has 0 bridgehead atoms. The van der Waals surface area contributed by atoms with E-state index in [1.807, 2.05) is 31.3 Å². The summed E-state index contributed by atoms with van der Waals surface area (Å²) in [7, 11) is 0. The first-order valence-electron chi connectivity index (χ1n) is 8.90. The lowest BCUT2D eigenvalue weighted by Crippen LogP contribution is -2.35. The number of anilines is 3. The van der Waals surface area contributed by atoms with Crippen molar-refractivity contribution in [3.63, 3.8) is 0 Å². The molecule has 1 aromatic carbocycles. The van der Waals surface area contributed by atoms with Gasteiger partial charge in [0.2, 0.25) is 5.95 Å². The molecule has 1 fully saturated rings. The van der Waals surface area contributed by atoms with Crippen LogP contribution in [-0.4, -0.2) is 28.0 Å². The van der Waals surface area contributed by atoms with Gasteiger partial charge in [0.05, 0.1) is 11.2 Å². The predicted molar refractivity (Wildman–Crippen MR) is 102 cm³/mol. The van der Waals surface area contributed by atoms with Gasteiger partial charge >= 0.3 is 0 Å². The van der Waals surface area contributed by atoms with Crippen LogP contribution < -0.4 is 10.2 Å². The number of nitrogens with zero attached hydrogens (tertiary/aromatic N) is 4. The number of fused-ring (bicyclic) bond motifs is 1. The molecule has 4 rings (SSSR count). The largest absolute Gasteiger partial charge is 0.356 e. The summed E-state index contributed by atoms with van der Waals surface area (Å²) < 4.78 is 0. The summed E-state index contributed by atoms with van der Waals surface area (Å²) in [6, 6.07) is 12.2. The van der Waals surface area contributed by atoms with Gasteiger partial charge < -0.3 is 10.2 Å². The van der Waals surface area contributed by atoms with Crippen LogP contribution in [0.2, 0.25) is 0 Å². The maximum atomic E-state index is 4.77. The van der Waals surface area contributed by atoms with E-state index in [2.05, 4.69) is 45.3 Å². The van der Waals surface area contributed by atoms with Crippen molar-refractivity contribution in [1.29, 1.82) is 0 Å². The summed E-state index contributed by atoms with van der Waals surface area (Å²) in [6.07, 6.45) is 4.33. The number of aromatic nitrogens is 3. The van der Waals surface area contributed by atoms with Gasteiger partial charge in [-0.1, -0.05) is 25.1 Å². The Morgan fingerprint density at radius 3 is 2.92 bits per heavy atom. The molecule has 1 saturated heterocycles. The molecule has 5 nitrogen and oxygen atoms in total. The minimum atomic E-state index is 0.631. The first kappa shape index (κ1) is 15.8. The van der Waals surface area contributed by atoms with Gasteiger partial charge in [0, 0.05) is 36.4 Å². The van der Waals surface area contributed by atoms with E-state index in [0.717, 1.165) is 41.2 Å². The quantitative estimate of drug-likeness (QED) is 0.774. The van der Waals surface area contributed by atoms with E-state index in [-0.39, 0.29) is 0 Å². The average Bonchev–Trinajstić information content (AvgIpc) is 2.62. The van der Waals surface area contributed by atoms with E-state index in [1.54, 1.807) is 0 Å². The van der Waals surface area contributed by atoms with Crippen molar-refractivity contribution in [1.82, 2.24) is 15.0 Å². The fourth-order valence-corrected chi connectivity index (χ4v) is 3.49. The molecule has 1 aliphatic rings. The third kappa shape index (κ3) is 3.40. The van der Waals surface area contributed by atoms with Crippen molar-refractivity contribution in [3.8, 4) is 0 Å². The van der Waals surface area contributed by atoms with Crippen molar-refractivity contribution in [2.75, 3.05) is 23.3 Å². The number of hydrogen-bond donors (Lipinski definition) is 1. The van der Waals surface area contributed by atoms with Crippen LogP contribution in [0.4, 0.5) is 17.5 Å². The summed E-state index contributed by atoms with van der Waals surface area (Å²) >= 11 is 0. The van der Waals surface area contributed by atoms with Gasteiger partial charge in [-0.15, -0.1) is 0 Å². The summed E-state index contributed by atoms with van der Waals surface area (Å²) in [4.78, 5) is 16.2. The van der Waals surface area contributed by atoms with Gasteiger partial charge in [-0.3, -0.25) is 4.98 Å². The van der Waals surface area contributed by atoms with Crippen molar-refractivity contribution in [2.45, 2.75) is 26.7 Å². The highest BCUT2D eigenvalue weighted by Gasteiger charge is 2.18. The van der Waals surface area contributed by atoms with E-state index in [4.69, 9.17) is 4.98 Å². The summed E-state index contributed by atoms with van der Waals surface area (Å²) in [5, 5.41) is 4.47. The number of piperidine rings is 1. The number of aryl methyl sites for hydroxylation is 1. The fourth-order valence-electron chi connectivity index (χ4n) is 3.49. The number of rotatable bonds is 3. The Balaban J connectivity index is 1.66. The van der Waals surface area contributed by atoms with Crippen LogP contribution in [-0.2, 0) is 0 Å². The molecule has 1 unspecified atom stereocenters. The topological polar surface area (TPSA) is 53.9 Å². The molecule has 25 heavy (non-hydrogen) atoms. The second kappa shape index (κ2) is 6.67.